The fraction of sp³-hybridized carbons (Fsp3) is 0.333. The molecule has 1 nitrogen and oxygen atoms in total. The Morgan fingerprint density at radius 3 is 2.32 bits per heavy atom. The van der Waals surface area contributed by atoms with Crippen molar-refractivity contribution in [2.24, 2.45) is 0 Å². The van der Waals surface area contributed by atoms with Crippen LogP contribution in [0.15, 0.2) is 54.6 Å². The predicted molar refractivity (Wildman–Crippen MR) is 79.4 cm³/mol. The van der Waals surface area contributed by atoms with Gasteiger partial charge in [-0.3, -0.25) is 0 Å². The summed E-state index contributed by atoms with van der Waals surface area (Å²) in [6.45, 7) is 0. The number of nitrogens with one attached hydrogen (secondary N) is 1. The maximum absolute atomic E-state index is 3.78. The van der Waals surface area contributed by atoms with Crippen molar-refractivity contribution in [1.82, 2.24) is 0 Å². The SMILES string of the molecule is c1ccc([C@@H]2Nc3ccccc3C23CCCC3)cc1. The maximum atomic E-state index is 3.78. The molecule has 0 amide bonds. The van der Waals surface area contributed by atoms with Gasteiger partial charge in [0.15, 0.2) is 0 Å². The van der Waals surface area contributed by atoms with Crippen molar-refractivity contribution >= 4 is 5.69 Å². The zero-order valence-electron chi connectivity index (χ0n) is 11.1. The summed E-state index contributed by atoms with van der Waals surface area (Å²) in [6, 6.07) is 20.3. The van der Waals surface area contributed by atoms with Crippen LogP contribution in [-0.2, 0) is 5.41 Å². The highest BCUT2D eigenvalue weighted by Crippen LogP contribution is 2.56. The maximum Gasteiger partial charge on any atom is 0.0611 e. The van der Waals surface area contributed by atoms with Crippen LogP contribution in [0.25, 0.3) is 0 Å². The van der Waals surface area contributed by atoms with Crippen molar-refractivity contribution in [1.29, 1.82) is 0 Å². The van der Waals surface area contributed by atoms with E-state index in [1.807, 2.05) is 0 Å². The average molecular weight is 249 g/mol. The van der Waals surface area contributed by atoms with Gasteiger partial charge in [0.05, 0.1) is 6.04 Å². The number of hydrogen-bond donors (Lipinski definition) is 1. The first-order valence-corrected chi connectivity index (χ1v) is 7.31. The van der Waals surface area contributed by atoms with Crippen molar-refractivity contribution < 1.29 is 0 Å². The van der Waals surface area contributed by atoms with Crippen molar-refractivity contribution in [3.05, 3.63) is 65.7 Å². The summed E-state index contributed by atoms with van der Waals surface area (Å²) in [7, 11) is 0. The Kier molecular flexibility index (Phi) is 2.41. The van der Waals surface area contributed by atoms with Crippen LogP contribution in [-0.4, -0.2) is 0 Å². The van der Waals surface area contributed by atoms with E-state index in [1.54, 1.807) is 5.56 Å². The van der Waals surface area contributed by atoms with E-state index < -0.39 is 0 Å². The minimum Gasteiger partial charge on any atom is -0.377 e. The van der Waals surface area contributed by atoms with Crippen molar-refractivity contribution in [2.45, 2.75) is 37.1 Å². The molecule has 1 fully saturated rings. The standard InChI is InChI=1S/C18H19N/c1-2-8-14(9-3-1)17-18(12-6-7-13-18)15-10-4-5-11-16(15)19-17/h1-5,8-11,17,19H,6-7,12-13H2/t17-/m0/s1. The zero-order chi connectivity index (χ0) is 12.7. The van der Waals surface area contributed by atoms with E-state index in [0.29, 0.717) is 11.5 Å². The molecule has 1 heteroatoms. The van der Waals surface area contributed by atoms with Gasteiger partial charge in [0.2, 0.25) is 0 Å². The molecule has 0 radical (unpaired) electrons. The van der Waals surface area contributed by atoms with E-state index in [0.717, 1.165) is 0 Å². The minimum absolute atomic E-state index is 0.331. The summed E-state index contributed by atoms with van der Waals surface area (Å²) in [5.74, 6) is 0. The van der Waals surface area contributed by atoms with E-state index in [9.17, 15) is 0 Å². The molecule has 2 aliphatic rings. The quantitative estimate of drug-likeness (QED) is 0.774. The zero-order valence-corrected chi connectivity index (χ0v) is 11.1. The summed E-state index contributed by atoms with van der Waals surface area (Å²) in [6.07, 6.45) is 5.35. The van der Waals surface area contributed by atoms with Crippen molar-refractivity contribution in [3.8, 4) is 0 Å². The molecule has 2 aromatic carbocycles. The summed E-state index contributed by atoms with van der Waals surface area (Å²) < 4.78 is 0. The van der Waals surface area contributed by atoms with Crippen LogP contribution in [0.4, 0.5) is 5.69 Å². The first kappa shape index (κ1) is 11.1. The smallest absolute Gasteiger partial charge is 0.0611 e. The van der Waals surface area contributed by atoms with Crippen LogP contribution in [0.3, 0.4) is 0 Å². The second-order valence-corrected chi connectivity index (χ2v) is 5.90. The first-order chi connectivity index (χ1) is 9.40. The lowest BCUT2D eigenvalue weighted by Gasteiger charge is -2.32. The lowest BCUT2D eigenvalue weighted by Crippen LogP contribution is -2.29. The second kappa shape index (κ2) is 4.12. The molecule has 1 spiro atoms. The van der Waals surface area contributed by atoms with Gasteiger partial charge in [-0.25, -0.2) is 0 Å². The number of para-hydroxylation sites is 1. The molecule has 1 atom stereocenters. The van der Waals surface area contributed by atoms with Gasteiger partial charge in [0.1, 0.15) is 0 Å². The Morgan fingerprint density at radius 1 is 0.842 bits per heavy atom. The Hall–Kier alpha value is -1.76. The van der Waals surface area contributed by atoms with Gasteiger partial charge in [-0.1, -0.05) is 61.4 Å². The van der Waals surface area contributed by atoms with E-state index in [1.165, 1.54) is 36.9 Å². The van der Waals surface area contributed by atoms with Crippen LogP contribution in [0.5, 0.6) is 0 Å². The highest BCUT2D eigenvalue weighted by molar-refractivity contribution is 5.64. The molecule has 96 valence electrons. The highest BCUT2D eigenvalue weighted by Gasteiger charge is 2.48. The highest BCUT2D eigenvalue weighted by atomic mass is 15.0. The van der Waals surface area contributed by atoms with Gasteiger partial charge in [-0.15, -0.1) is 0 Å². The molecule has 0 saturated heterocycles. The molecule has 2 aromatic rings. The molecule has 19 heavy (non-hydrogen) atoms. The summed E-state index contributed by atoms with van der Waals surface area (Å²) in [5, 5.41) is 3.78. The molecular formula is C18H19N. The number of benzene rings is 2. The van der Waals surface area contributed by atoms with E-state index >= 15 is 0 Å². The summed E-state index contributed by atoms with van der Waals surface area (Å²) in [4.78, 5) is 0. The average Bonchev–Trinajstić information content (AvgIpc) is 3.08. The van der Waals surface area contributed by atoms with Crippen molar-refractivity contribution in [2.75, 3.05) is 5.32 Å². The Balaban J connectivity index is 1.86. The van der Waals surface area contributed by atoms with Crippen LogP contribution < -0.4 is 5.32 Å². The number of hydrogen-bond acceptors (Lipinski definition) is 1. The monoisotopic (exact) mass is 249 g/mol. The van der Waals surface area contributed by atoms with Crippen LogP contribution in [0.1, 0.15) is 42.9 Å². The largest absolute Gasteiger partial charge is 0.377 e. The Morgan fingerprint density at radius 2 is 1.53 bits per heavy atom. The van der Waals surface area contributed by atoms with Gasteiger partial charge in [0.25, 0.3) is 0 Å². The second-order valence-electron chi connectivity index (χ2n) is 5.90. The fourth-order valence-corrected chi connectivity index (χ4v) is 4.10. The van der Waals surface area contributed by atoms with Gasteiger partial charge in [0, 0.05) is 11.1 Å². The van der Waals surface area contributed by atoms with Gasteiger partial charge < -0.3 is 5.32 Å². The molecular weight excluding hydrogens is 230 g/mol. The minimum atomic E-state index is 0.331. The third-order valence-corrected chi connectivity index (χ3v) is 4.94. The molecule has 0 unspecified atom stereocenters. The Labute approximate surface area is 114 Å². The Bertz CT molecular complexity index is 582. The van der Waals surface area contributed by atoms with E-state index in [4.69, 9.17) is 0 Å². The van der Waals surface area contributed by atoms with Gasteiger partial charge in [-0.2, -0.15) is 0 Å². The number of fused-ring (bicyclic) bond motifs is 2. The van der Waals surface area contributed by atoms with Crippen molar-refractivity contribution in [3.63, 3.8) is 0 Å². The van der Waals surface area contributed by atoms with Gasteiger partial charge in [-0.05, 0) is 30.0 Å². The third-order valence-electron chi connectivity index (χ3n) is 4.94. The fourth-order valence-electron chi connectivity index (χ4n) is 4.10. The topological polar surface area (TPSA) is 12.0 Å². The lowest BCUT2D eigenvalue weighted by atomic mass is 9.73. The van der Waals surface area contributed by atoms with Crippen LogP contribution in [0.2, 0.25) is 0 Å². The molecule has 4 rings (SSSR count). The number of rotatable bonds is 1. The number of anilines is 1. The molecule has 1 aliphatic carbocycles. The molecule has 0 aromatic heterocycles. The predicted octanol–water partition coefficient (Wildman–Crippen LogP) is 4.67. The van der Waals surface area contributed by atoms with E-state index in [-0.39, 0.29) is 0 Å². The summed E-state index contributed by atoms with van der Waals surface area (Å²) >= 11 is 0. The third kappa shape index (κ3) is 1.54. The molecule has 1 heterocycles. The molecule has 1 N–H and O–H groups in total. The van der Waals surface area contributed by atoms with Crippen LogP contribution in [0, 0.1) is 0 Å². The summed E-state index contributed by atoms with van der Waals surface area (Å²) in [5.41, 5.74) is 4.65. The first-order valence-electron chi connectivity index (χ1n) is 7.31. The lowest BCUT2D eigenvalue weighted by molar-refractivity contribution is 0.400. The normalized spacial score (nSPS) is 23.3. The molecule has 0 bridgehead atoms. The van der Waals surface area contributed by atoms with Crippen LogP contribution >= 0.6 is 0 Å². The van der Waals surface area contributed by atoms with Gasteiger partial charge >= 0.3 is 0 Å². The molecule has 1 saturated carbocycles. The van der Waals surface area contributed by atoms with E-state index in [2.05, 4.69) is 59.9 Å². The molecule has 1 aliphatic heterocycles.